The van der Waals surface area contributed by atoms with Crippen molar-refractivity contribution < 1.29 is 33.9 Å². The molecule has 0 bridgehead atoms. The molecule has 0 aromatic heterocycles. The molecule has 274 valence electrons. The molecule has 0 radical (unpaired) electrons. The van der Waals surface area contributed by atoms with Gasteiger partial charge >= 0.3 is 5.97 Å². The lowest BCUT2D eigenvalue weighted by molar-refractivity contribution is -0.142. The summed E-state index contributed by atoms with van der Waals surface area (Å²) in [5.74, 6) is -4.60. The van der Waals surface area contributed by atoms with Crippen molar-refractivity contribution in [2.75, 3.05) is 18.8 Å². The van der Waals surface area contributed by atoms with Crippen LogP contribution in [0, 0.1) is 0 Å². The Morgan fingerprint density at radius 2 is 1.49 bits per heavy atom. The van der Waals surface area contributed by atoms with Gasteiger partial charge in [-0.05, 0) is 69.7 Å². The second-order valence-corrected chi connectivity index (χ2v) is 13.8. The zero-order chi connectivity index (χ0) is 36.9. The van der Waals surface area contributed by atoms with Crippen molar-refractivity contribution in [3.8, 4) is 0 Å². The molecule has 0 saturated heterocycles. The standard InChI is InChI=1S/C30H50N10O7S2/c1-3-48-49-19-9-6-8-18(14-19)15-20(32)26(43)38-21(11-7-13-36-30(34)35)27(44)37-17(2)25(42)40-23(16-24(33)41)28(45)39-22(29(46)47)10-4-5-12-31/h6,8-9,14,17,20-23H,3-5,7,10-13,15-16,31-32H2,1-2H3,(H2,33,41)(H,37,44)(H,38,43)(H,39,45)(H,40,42)(H,46,47)(H4,34,35,36)/t17-,20-,21-,22-,23-/m0/s1. The lowest BCUT2D eigenvalue weighted by Gasteiger charge is -2.24. The number of aliphatic imine (C=N–C) groups is 1. The molecule has 15 N–H and O–H groups in total. The van der Waals surface area contributed by atoms with E-state index in [1.165, 1.54) is 6.92 Å². The Morgan fingerprint density at radius 1 is 0.857 bits per heavy atom. The van der Waals surface area contributed by atoms with E-state index in [2.05, 4.69) is 26.3 Å². The quantitative estimate of drug-likeness (QED) is 0.0249. The van der Waals surface area contributed by atoms with Gasteiger partial charge in [0.05, 0.1) is 12.5 Å². The maximum absolute atomic E-state index is 13.3. The van der Waals surface area contributed by atoms with E-state index in [1.54, 1.807) is 21.6 Å². The van der Waals surface area contributed by atoms with Crippen molar-refractivity contribution in [1.29, 1.82) is 0 Å². The third-order valence-electron chi connectivity index (χ3n) is 6.89. The fourth-order valence-electron chi connectivity index (χ4n) is 4.36. The highest BCUT2D eigenvalue weighted by atomic mass is 33.1. The summed E-state index contributed by atoms with van der Waals surface area (Å²) in [6, 6.07) is 1.41. The van der Waals surface area contributed by atoms with Gasteiger partial charge in [-0.1, -0.05) is 40.6 Å². The third-order valence-corrected chi connectivity index (χ3v) is 9.33. The summed E-state index contributed by atoms with van der Waals surface area (Å²) in [5, 5.41) is 19.3. The van der Waals surface area contributed by atoms with E-state index in [4.69, 9.17) is 28.7 Å². The van der Waals surface area contributed by atoms with Crippen molar-refractivity contribution in [1.82, 2.24) is 21.3 Å². The normalized spacial score (nSPS) is 13.9. The lowest BCUT2D eigenvalue weighted by atomic mass is 10.0. The second-order valence-electron chi connectivity index (χ2n) is 11.1. The van der Waals surface area contributed by atoms with Crippen LogP contribution >= 0.6 is 21.6 Å². The molecule has 1 aromatic rings. The van der Waals surface area contributed by atoms with E-state index in [0.717, 1.165) is 16.2 Å². The van der Waals surface area contributed by atoms with Gasteiger partial charge in [-0.3, -0.25) is 29.0 Å². The van der Waals surface area contributed by atoms with Gasteiger partial charge in [0.25, 0.3) is 0 Å². The summed E-state index contributed by atoms with van der Waals surface area (Å²) in [7, 11) is 3.29. The molecular formula is C30H50N10O7S2. The van der Waals surface area contributed by atoms with Gasteiger partial charge in [-0.25, -0.2) is 4.79 Å². The smallest absolute Gasteiger partial charge is 0.326 e. The van der Waals surface area contributed by atoms with Crippen LogP contribution < -0.4 is 49.9 Å². The van der Waals surface area contributed by atoms with Crippen molar-refractivity contribution in [2.24, 2.45) is 33.7 Å². The first-order chi connectivity index (χ1) is 23.2. The van der Waals surface area contributed by atoms with Crippen LogP contribution in [0.25, 0.3) is 0 Å². The second kappa shape index (κ2) is 23.3. The largest absolute Gasteiger partial charge is 0.480 e. The highest BCUT2D eigenvalue weighted by Crippen LogP contribution is 2.31. The highest BCUT2D eigenvalue weighted by Gasteiger charge is 2.31. The number of rotatable bonds is 24. The number of carbonyl (C=O) groups is 6. The van der Waals surface area contributed by atoms with E-state index >= 15 is 0 Å². The number of unbranched alkanes of at least 4 members (excludes halogenated alkanes) is 1. The molecule has 17 nitrogen and oxygen atoms in total. The Kier molecular flexibility index (Phi) is 20.4. The monoisotopic (exact) mass is 726 g/mol. The summed E-state index contributed by atoms with van der Waals surface area (Å²) in [6.07, 6.45) is 0.978. The van der Waals surface area contributed by atoms with E-state index < -0.39 is 72.1 Å². The predicted octanol–water partition coefficient (Wildman–Crippen LogP) is -1.58. The minimum atomic E-state index is -1.52. The fourth-order valence-corrected chi connectivity index (χ4v) is 6.02. The third kappa shape index (κ3) is 17.8. The average Bonchev–Trinajstić information content (AvgIpc) is 3.03. The van der Waals surface area contributed by atoms with Gasteiger partial charge in [0, 0.05) is 17.2 Å². The van der Waals surface area contributed by atoms with Gasteiger partial charge in [-0.15, -0.1) is 0 Å². The van der Waals surface area contributed by atoms with Crippen LogP contribution in [0.1, 0.15) is 57.9 Å². The van der Waals surface area contributed by atoms with Gasteiger partial charge in [0.1, 0.15) is 24.2 Å². The molecule has 19 heteroatoms. The number of nitrogens with two attached hydrogens (primary N) is 5. The Labute approximate surface area is 293 Å². The Morgan fingerprint density at radius 3 is 2.10 bits per heavy atom. The molecule has 0 saturated carbocycles. The minimum Gasteiger partial charge on any atom is -0.480 e. The number of nitrogens with zero attached hydrogens (tertiary/aromatic N) is 1. The van der Waals surface area contributed by atoms with Crippen molar-refractivity contribution >= 4 is 63.1 Å². The maximum atomic E-state index is 13.3. The first-order valence-electron chi connectivity index (χ1n) is 15.8. The Bertz CT molecular complexity index is 1300. The summed E-state index contributed by atoms with van der Waals surface area (Å²) in [4.78, 5) is 80.6. The van der Waals surface area contributed by atoms with Gasteiger partial charge in [0.2, 0.25) is 29.5 Å². The number of guanidine groups is 1. The molecule has 5 atom stereocenters. The molecule has 49 heavy (non-hydrogen) atoms. The minimum absolute atomic E-state index is 0.0749. The molecule has 0 fully saturated rings. The van der Waals surface area contributed by atoms with Crippen molar-refractivity contribution in [3.05, 3.63) is 29.8 Å². The number of hydrogen-bond acceptors (Lipinski definition) is 11. The topological polar surface area (TPSA) is 313 Å². The molecule has 0 aliphatic carbocycles. The molecule has 0 aliphatic heterocycles. The van der Waals surface area contributed by atoms with Crippen LogP contribution in [0.3, 0.4) is 0 Å². The number of aliphatic carboxylic acids is 1. The van der Waals surface area contributed by atoms with Crippen molar-refractivity contribution in [2.45, 2.75) is 93.9 Å². The number of benzene rings is 1. The zero-order valence-corrected chi connectivity index (χ0v) is 29.4. The van der Waals surface area contributed by atoms with E-state index in [0.29, 0.717) is 19.4 Å². The Balaban J connectivity index is 2.99. The molecule has 1 aromatic carbocycles. The first kappa shape index (κ1) is 43.0. The molecule has 0 heterocycles. The van der Waals surface area contributed by atoms with Crippen LogP contribution in [0.15, 0.2) is 34.2 Å². The van der Waals surface area contributed by atoms with Gasteiger partial charge < -0.3 is 55.0 Å². The number of hydrogen-bond donors (Lipinski definition) is 10. The summed E-state index contributed by atoms with van der Waals surface area (Å²) in [5.41, 5.74) is 28.5. The molecule has 0 unspecified atom stereocenters. The molecular weight excluding hydrogens is 677 g/mol. The highest BCUT2D eigenvalue weighted by molar-refractivity contribution is 8.76. The molecule has 5 amide bonds. The lowest BCUT2D eigenvalue weighted by Crippen LogP contribution is -2.58. The number of amides is 5. The number of carboxylic acids is 1. The van der Waals surface area contributed by atoms with Crippen LogP contribution in [-0.4, -0.2) is 95.6 Å². The number of primary amides is 1. The van der Waals surface area contributed by atoms with Gasteiger partial charge in [-0.2, -0.15) is 0 Å². The molecule has 0 spiro atoms. The number of carbonyl (C=O) groups excluding carboxylic acids is 5. The number of carboxylic acid groups (broad SMARTS) is 1. The summed E-state index contributed by atoms with van der Waals surface area (Å²) in [6.45, 7) is 3.87. The average molecular weight is 727 g/mol. The number of nitrogens with one attached hydrogen (secondary N) is 4. The van der Waals surface area contributed by atoms with Crippen LogP contribution in [0.2, 0.25) is 0 Å². The zero-order valence-electron chi connectivity index (χ0n) is 27.8. The summed E-state index contributed by atoms with van der Waals surface area (Å²) >= 11 is 0. The van der Waals surface area contributed by atoms with E-state index in [1.807, 2.05) is 31.2 Å². The van der Waals surface area contributed by atoms with E-state index in [9.17, 15) is 33.9 Å². The van der Waals surface area contributed by atoms with Crippen LogP contribution in [0.5, 0.6) is 0 Å². The molecule has 1 rings (SSSR count). The SMILES string of the molecule is CCSSc1cccc(C[C@H](N)C(=O)N[C@@H](CCCN=C(N)N)C(=O)N[C@@H](C)C(=O)N[C@@H](CC(N)=O)C(=O)N[C@@H](CCCCN)C(=O)O)c1. The summed E-state index contributed by atoms with van der Waals surface area (Å²) < 4.78 is 0. The van der Waals surface area contributed by atoms with Crippen LogP contribution in [0.4, 0.5) is 0 Å². The van der Waals surface area contributed by atoms with Crippen molar-refractivity contribution in [3.63, 3.8) is 0 Å². The van der Waals surface area contributed by atoms with Crippen LogP contribution in [-0.2, 0) is 35.2 Å². The Hall–Kier alpha value is -4.07. The van der Waals surface area contributed by atoms with Gasteiger partial charge in [0.15, 0.2) is 5.96 Å². The predicted molar refractivity (Wildman–Crippen MR) is 190 cm³/mol. The fraction of sp³-hybridized carbons (Fsp3) is 0.567. The molecule has 0 aliphatic rings. The maximum Gasteiger partial charge on any atom is 0.326 e. The van der Waals surface area contributed by atoms with E-state index in [-0.39, 0.29) is 38.2 Å². The first-order valence-corrected chi connectivity index (χ1v) is 18.1.